The maximum absolute atomic E-state index is 14.1. The van der Waals surface area contributed by atoms with Crippen LogP contribution in [0.15, 0.2) is 23.0 Å². The fourth-order valence-corrected chi connectivity index (χ4v) is 6.38. The highest BCUT2D eigenvalue weighted by Crippen LogP contribution is 2.54. The van der Waals surface area contributed by atoms with Crippen LogP contribution in [-0.2, 0) is 20.8 Å². The van der Waals surface area contributed by atoms with Crippen molar-refractivity contribution in [1.82, 2.24) is 10.2 Å². The number of ketones is 1. The number of anilines is 2. The summed E-state index contributed by atoms with van der Waals surface area (Å²) in [6, 6.07) is 0.580. The van der Waals surface area contributed by atoms with E-state index in [4.69, 9.17) is 11.1 Å². The third-order valence-electron chi connectivity index (χ3n) is 8.29. The summed E-state index contributed by atoms with van der Waals surface area (Å²) in [7, 11) is 6.74. The van der Waals surface area contributed by atoms with Gasteiger partial charge in [-0.05, 0) is 65.3 Å². The molecule has 2 amide bonds. The second-order valence-electron chi connectivity index (χ2n) is 12.7. The molecule has 0 saturated heterocycles. The van der Waals surface area contributed by atoms with Gasteiger partial charge in [-0.2, -0.15) is 0 Å². The van der Waals surface area contributed by atoms with E-state index in [-0.39, 0.29) is 41.7 Å². The molecule has 3 aliphatic carbocycles. The Balaban J connectivity index is 1.87. The zero-order valence-corrected chi connectivity index (χ0v) is 24.9. The molecule has 4 atom stereocenters. The second kappa shape index (κ2) is 10.4. The third-order valence-corrected chi connectivity index (χ3v) is 8.29. The first-order chi connectivity index (χ1) is 19.3. The molecule has 1 fully saturated rings. The van der Waals surface area contributed by atoms with Crippen LogP contribution in [0, 0.1) is 17.2 Å². The molecular formula is C29H40N6O7. The summed E-state index contributed by atoms with van der Waals surface area (Å²) in [5.41, 5.74) is 1.91. The number of Topliss-reactive ketones (excluding diaryl/α,β-unsaturated/α-hetero) is 1. The number of primary amides is 1. The van der Waals surface area contributed by atoms with Gasteiger partial charge < -0.3 is 47.1 Å². The number of hydrogen-bond acceptors (Lipinski definition) is 11. The van der Waals surface area contributed by atoms with Crippen LogP contribution in [0.2, 0.25) is 0 Å². The van der Waals surface area contributed by atoms with Gasteiger partial charge in [0.05, 0.1) is 29.5 Å². The van der Waals surface area contributed by atoms with Crippen molar-refractivity contribution in [2.24, 2.45) is 17.6 Å². The molecule has 2 unspecified atom stereocenters. The first-order valence-corrected chi connectivity index (χ1v) is 13.6. The molecule has 13 nitrogen and oxygen atoms in total. The van der Waals surface area contributed by atoms with E-state index >= 15 is 0 Å². The van der Waals surface area contributed by atoms with Crippen LogP contribution in [-0.4, -0.2) is 101 Å². The van der Waals surface area contributed by atoms with Crippen molar-refractivity contribution in [2.75, 3.05) is 45.0 Å². The average molecular weight is 585 g/mol. The highest BCUT2D eigenvalue weighted by molar-refractivity contribution is 6.34. The van der Waals surface area contributed by atoms with Crippen molar-refractivity contribution in [1.29, 1.82) is 5.41 Å². The van der Waals surface area contributed by atoms with Crippen molar-refractivity contribution in [3.05, 3.63) is 34.1 Å². The number of fused-ring (bicyclic) bond motifs is 3. The minimum absolute atomic E-state index is 0.0190. The molecule has 42 heavy (non-hydrogen) atoms. The third kappa shape index (κ3) is 4.80. The number of aliphatic hydroxyl groups is 3. The standard InChI is InChI=1S/C29H40N6O7/c1-28(2,3)32-11-17(36)33-15-10-16(34(4)5)13-8-12-9-14-21(35(6)7)24(39)20(27(31)41)25(30)29(14,42)26(40)18(12)23(38)19(13)22(15)37/h10,12,14,21,30,32,37-39,42H,8-9,11H2,1-7H3,(H2,31,41)(H,33,36)/t12?,14?,21-,29+/m0/s1. The number of phenolic OH excluding ortho intramolecular Hbond substituents is 1. The lowest BCUT2D eigenvalue weighted by atomic mass is 9.56. The molecule has 3 aliphatic rings. The van der Waals surface area contributed by atoms with Gasteiger partial charge >= 0.3 is 0 Å². The van der Waals surface area contributed by atoms with E-state index in [9.17, 15) is 34.8 Å². The lowest BCUT2D eigenvalue weighted by Crippen LogP contribution is -2.67. The Morgan fingerprint density at radius 1 is 1.17 bits per heavy atom. The fourth-order valence-electron chi connectivity index (χ4n) is 6.38. The lowest BCUT2D eigenvalue weighted by molar-refractivity contribution is -0.138. The first-order valence-electron chi connectivity index (χ1n) is 13.6. The van der Waals surface area contributed by atoms with Gasteiger partial charge in [0, 0.05) is 36.8 Å². The summed E-state index contributed by atoms with van der Waals surface area (Å²) in [5.74, 6) is -5.85. The van der Waals surface area contributed by atoms with Crippen LogP contribution in [0.3, 0.4) is 0 Å². The van der Waals surface area contributed by atoms with E-state index in [1.807, 2.05) is 20.8 Å². The molecule has 13 heteroatoms. The minimum atomic E-state index is -2.58. The van der Waals surface area contributed by atoms with Crippen LogP contribution >= 0.6 is 0 Å². The van der Waals surface area contributed by atoms with Gasteiger partial charge in [-0.25, -0.2) is 0 Å². The van der Waals surface area contributed by atoms with E-state index in [1.165, 1.54) is 0 Å². The SMILES string of the molecule is CN(C)c1cc(NC(=O)CNC(C)(C)C)c(O)c2c1CC1CC3[C@H](N(C)C)C(O)=C(C(N)=O)C(=N)[C@@]3(O)C(=O)C1=C2O. The molecular weight excluding hydrogens is 544 g/mol. The molecule has 228 valence electrons. The van der Waals surface area contributed by atoms with Crippen LogP contribution in [0.25, 0.3) is 5.76 Å². The number of aromatic hydroxyl groups is 1. The summed E-state index contributed by atoms with van der Waals surface area (Å²) < 4.78 is 0. The smallest absolute Gasteiger partial charge is 0.254 e. The largest absolute Gasteiger partial charge is 0.510 e. The van der Waals surface area contributed by atoms with Gasteiger partial charge in [-0.1, -0.05) is 0 Å². The maximum Gasteiger partial charge on any atom is 0.254 e. The number of nitrogens with one attached hydrogen (secondary N) is 3. The topological polar surface area (TPSA) is 213 Å². The number of carbonyl (C=O) groups is 3. The molecule has 9 N–H and O–H groups in total. The highest BCUT2D eigenvalue weighted by atomic mass is 16.3. The molecule has 0 spiro atoms. The van der Waals surface area contributed by atoms with Crippen molar-refractivity contribution in [3.8, 4) is 5.75 Å². The number of carbonyl (C=O) groups excluding carboxylic acids is 3. The number of likely N-dealkylation sites (N-methyl/N-ethyl adjacent to an activating group) is 1. The molecule has 0 bridgehead atoms. The molecule has 0 radical (unpaired) electrons. The van der Waals surface area contributed by atoms with Crippen LogP contribution in [0.5, 0.6) is 5.75 Å². The van der Waals surface area contributed by atoms with Crippen molar-refractivity contribution < 1.29 is 34.8 Å². The molecule has 0 aromatic heterocycles. The average Bonchev–Trinajstić information content (AvgIpc) is 2.85. The fraction of sp³-hybridized carbons (Fsp3) is 0.517. The highest BCUT2D eigenvalue weighted by Gasteiger charge is 2.63. The minimum Gasteiger partial charge on any atom is -0.510 e. The quantitative estimate of drug-likeness (QED) is 0.220. The summed E-state index contributed by atoms with van der Waals surface area (Å²) in [5, 5.41) is 60.0. The number of nitrogens with two attached hydrogens (primary N) is 1. The second-order valence-corrected chi connectivity index (χ2v) is 12.7. The summed E-state index contributed by atoms with van der Waals surface area (Å²) in [6.45, 7) is 5.66. The Morgan fingerprint density at radius 3 is 2.31 bits per heavy atom. The summed E-state index contributed by atoms with van der Waals surface area (Å²) >= 11 is 0. The number of phenols is 1. The first kappa shape index (κ1) is 31.0. The number of amides is 2. The van der Waals surface area contributed by atoms with E-state index < -0.39 is 69.6 Å². The van der Waals surface area contributed by atoms with E-state index in [0.717, 1.165) is 0 Å². The number of aliphatic hydroxyl groups excluding tert-OH is 2. The molecule has 0 heterocycles. The Labute approximate surface area is 244 Å². The van der Waals surface area contributed by atoms with Gasteiger partial charge in [-0.3, -0.25) is 19.3 Å². The molecule has 0 aliphatic heterocycles. The van der Waals surface area contributed by atoms with Crippen molar-refractivity contribution in [3.63, 3.8) is 0 Å². The number of nitrogens with zero attached hydrogens (tertiary/aromatic N) is 2. The molecule has 1 saturated carbocycles. The van der Waals surface area contributed by atoms with E-state index in [2.05, 4.69) is 10.6 Å². The van der Waals surface area contributed by atoms with Crippen LogP contribution in [0.1, 0.15) is 38.3 Å². The van der Waals surface area contributed by atoms with E-state index in [0.29, 0.717) is 11.3 Å². The lowest BCUT2D eigenvalue weighted by Gasteiger charge is -2.51. The Bertz CT molecular complexity index is 1450. The summed E-state index contributed by atoms with van der Waals surface area (Å²) in [6.07, 6.45) is 0.238. The monoisotopic (exact) mass is 584 g/mol. The molecule has 1 aromatic rings. The number of benzene rings is 1. The number of rotatable bonds is 6. The maximum atomic E-state index is 14.1. The predicted octanol–water partition coefficient (Wildman–Crippen LogP) is 0.807. The molecule has 4 rings (SSSR count). The van der Waals surface area contributed by atoms with Crippen LogP contribution in [0.4, 0.5) is 11.4 Å². The predicted molar refractivity (Wildman–Crippen MR) is 158 cm³/mol. The number of hydrogen-bond donors (Lipinski definition) is 8. The van der Waals surface area contributed by atoms with Gasteiger partial charge in [0.25, 0.3) is 5.91 Å². The Kier molecular flexibility index (Phi) is 7.68. The molecule has 1 aromatic carbocycles. The Morgan fingerprint density at radius 2 is 1.79 bits per heavy atom. The van der Waals surface area contributed by atoms with Gasteiger partial charge in [-0.15, -0.1) is 0 Å². The Hall–Kier alpha value is -3.94. The summed E-state index contributed by atoms with van der Waals surface area (Å²) in [4.78, 5) is 42.3. The van der Waals surface area contributed by atoms with Crippen molar-refractivity contribution >= 4 is 40.4 Å². The van der Waals surface area contributed by atoms with Crippen LogP contribution < -0.4 is 21.3 Å². The van der Waals surface area contributed by atoms with Crippen molar-refractivity contribution in [2.45, 2.75) is 50.8 Å². The van der Waals surface area contributed by atoms with E-state index in [1.54, 1.807) is 44.1 Å². The normalized spacial score (nSPS) is 25.7. The van der Waals surface area contributed by atoms with Gasteiger partial charge in [0.15, 0.2) is 5.60 Å². The zero-order chi connectivity index (χ0) is 31.6. The van der Waals surface area contributed by atoms with Gasteiger partial charge in [0.2, 0.25) is 11.7 Å². The zero-order valence-electron chi connectivity index (χ0n) is 24.9. The van der Waals surface area contributed by atoms with Gasteiger partial charge in [0.1, 0.15) is 22.8 Å².